The van der Waals surface area contributed by atoms with E-state index in [9.17, 15) is 24.3 Å². The van der Waals surface area contributed by atoms with Gasteiger partial charge in [0.05, 0.1) is 55.1 Å². The number of amides is 4. The van der Waals surface area contributed by atoms with Gasteiger partial charge in [-0.3, -0.25) is 14.4 Å². The standard InChI is InChI=1S/C43H54N8O6SSi/c1-23(2)35(47-34(53)19-52)40(54)50-21-43(14-15-43)17-30(50)39-45-28-11-9-25-16-26(8-10-27(25)37(28)48-39)32-12-13-33(58-32)29-18-44-38(46-29)31-20-59(6,7)22-51(31)41(55)36(24(3)4)49-42(56)57-5/h8-13,16,18,23-24,30-31,35-36,52H,14-15,17,19-22H2,1-7H3,(H,44,46)(H,45,48)(H,47,53)(H,49,56)/t30-,31-,35-,36-/m0/s1. The van der Waals surface area contributed by atoms with E-state index in [-0.39, 0.29) is 41.1 Å². The smallest absolute Gasteiger partial charge is 0.407 e. The zero-order valence-corrected chi connectivity index (χ0v) is 36.5. The van der Waals surface area contributed by atoms with Crippen LogP contribution in [0.1, 0.15) is 70.7 Å². The fourth-order valence-electron chi connectivity index (χ4n) is 9.01. The summed E-state index contributed by atoms with van der Waals surface area (Å²) in [5.41, 5.74) is 3.81. The second-order valence-corrected chi connectivity index (χ2v) is 24.3. The summed E-state index contributed by atoms with van der Waals surface area (Å²) in [7, 11) is -0.459. The molecule has 0 bridgehead atoms. The second kappa shape index (κ2) is 15.5. The van der Waals surface area contributed by atoms with Gasteiger partial charge in [0.15, 0.2) is 0 Å². The predicted molar refractivity (Wildman–Crippen MR) is 230 cm³/mol. The van der Waals surface area contributed by atoms with Crippen LogP contribution in [0.3, 0.4) is 0 Å². The summed E-state index contributed by atoms with van der Waals surface area (Å²) in [4.78, 5) is 75.1. The van der Waals surface area contributed by atoms with Gasteiger partial charge in [-0.15, -0.1) is 11.3 Å². The van der Waals surface area contributed by atoms with Gasteiger partial charge in [-0.25, -0.2) is 14.8 Å². The average molecular weight is 839 g/mol. The monoisotopic (exact) mass is 838 g/mol. The van der Waals surface area contributed by atoms with E-state index in [0.717, 1.165) is 79.8 Å². The Labute approximate surface area is 348 Å². The number of fused-ring (bicyclic) bond motifs is 3. The highest BCUT2D eigenvalue weighted by molar-refractivity contribution is 7.18. The van der Waals surface area contributed by atoms with Crippen molar-refractivity contribution in [1.29, 1.82) is 0 Å². The first-order chi connectivity index (χ1) is 28.1. The molecule has 4 atom stereocenters. The zero-order valence-electron chi connectivity index (χ0n) is 34.7. The number of aromatic nitrogens is 4. The number of imidazole rings is 2. The number of carbonyl (C=O) groups is 4. The van der Waals surface area contributed by atoms with E-state index < -0.39 is 38.8 Å². The first-order valence-electron chi connectivity index (χ1n) is 20.5. The number of thiophene rings is 1. The SMILES string of the molecule is COC(=O)N[C@H](C(=O)N1C[Si](C)(C)C[C@H]1c1ncc(-c2ccc(-c3ccc4c(ccc5[nH]c([C@@H]6CC7(CC7)CN6C(=O)[C@@H](NC(=O)CO)C(C)C)nc54)c3)s2)[nH]1)C(C)C. The highest BCUT2D eigenvalue weighted by Gasteiger charge is 2.55. The molecule has 4 amide bonds. The summed E-state index contributed by atoms with van der Waals surface area (Å²) >= 11 is 1.67. The van der Waals surface area contributed by atoms with E-state index in [4.69, 9.17) is 14.7 Å². The molecular weight excluding hydrogens is 785 g/mol. The third-order valence-electron chi connectivity index (χ3n) is 12.4. The maximum Gasteiger partial charge on any atom is 0.407 e. The molecule has 14 nitrogen and oxygen atoms in total. The van der Waals surface area contributed by atoms with Gasteiger partial charge in [0.2, 0.25) is 17.7 Å². The number of methoxy groups -OCH3 is 1. The highest BCUT2D eigenvalue weighted by atomic mass is 32.1. The van der Waals surface area contributed by atoms with Crippen LogP contribution in [-0.2, 0) is 19.1 Å². The molecule has 5 heterocycles. The Bertz CT molecular complexity index is 2430. The summed E-state index contributed by atoms with van der Waals surface area (Å²) in [5, 5.41) is 16.9. The number of nitrogens with zero attached hydrogens (tertiary/aromatic N) is 4. The number of aliphatic hydroxyl groups is 1. The molecule has 1 saturated carbocycles. The zero-order chi connectivity index (χ0) is 42.0. The van der Waals surface area contributed by atoms with Crippen LogP contribution in [0.2, 0.25) is 19.1 Å². The molecule has 0 unspecified atom stereocenters. The number of likely N-dealkylation sites (tertiary alicyclic amines) is 1. The Hall–Kier alpha value is -5.06. The lowest BCUT2D eigenvalue weighted by atomic mass is 10.0. The quantitative estimate of drug-likeness (QED) is 0.0930. The Kier molecular flexibility index (Phi) is 10.7. The van der Waals surface area contributed by atoms with Crippen molar-refractivity contribution in [3.05, 3.63) is 60.3 Å². The van der Waals surface area contributed by atoms with Gasteiger partial charge in [-0.2, -0.15) is 0 Å². The summed E-state index contributed by atoms with van der Waals surface area (Å²) in [6.07, 6.45) is 4.86. The summed E-state index contributed by atoms with van der Waals surface area (Å²) in [5.74, 6) is 0.427. The number of nitrogens with one attached hydrogen (secondary N) is 4. The summed E-state index contributed by atoms with van der Waals surface area (Å²) < 4.78 is 4.82. The van der Waals surface area contributed by atoms with Gasteiger partial charge in [0.25, 0.3) is 0 Å². The predicted octanol–water partition coefficient (Wildman–Crippen LogP) is 6.53. The molecule has 16 heteroatoms. The van der Waals surface area contributed by atoms with Crippen LogP contribution < -0.4 is 10.6 Å². The number of alkyl carbamates (subject to hydrolysis) is 1. The molecule has 8 rings (SSSR count). The molecule has 2 aliphatic heterocycles. The minimum Gasteiger partial charge on any atom is -0.453 e. The molecule has 59 heavy (non-hydrogen) atoms. The van der Waals surface area contributed by atoms with E-state index in [0.29, 0.717) is 12.7 Å². The Morgan fingerprint density at radius 1 is 0.932 bits per heavy atom. The van der Waals surface area contributed by atoms with Crippen molar-refractivity contribution in [2.45, 2.75) is 90.3 Å². The summed E-state index contributed by atoms with van der Waals surface area (Å²) in [6, 6.07) is 13.8. The minimum absolute atomic E-state index is 0.0893. The normalized spacial score (nSPS) is 20.5. The van der Waals surface area contributed by atoms with Gasteiger partial charge < -0.3 is 40.2 Å². The first kappa shape index (κ1) is 40.7. The number of H-pyrrole nitrogens is 2. The van der Waals surface area contributed by atoms with E-state index in [1.54, 1.807) is 11.3 Å². The van der Waals surface area contributed by atoms with Crippen LogP contribution in [-0.4, -0.2) is 105 Å². The highest BCUT2D eigenvalue weighted by Crippen LogP contribution is 2.58. The van der Waals surface area contributed by atoms with Crippen LogP contribution in [0.4, 0.5) is 4.79 Å². The van der Waals surface area contributed by atoms with Crippen LogP contribution in [0.5, 0.6) is 0 Å². The number of rotatable bonds is 11. The number of hydrogen-bond donors (Lipinski definition) is 5. The number of aliphatic hydroxyl groups excluding tert-OH is 1. The first-order valence-corrected chi connectivity index (χ1v) is 24.8. The van der Waals surface area contributed by atoms with Gasteiger partial charge in [-0.05, 0) is 77.8 Å². The van der Waals surface area contributed by atoms with Crippen molar-refractivity contribution in [2.75, 3.05) is 26.4 Å². The topological polar surface area (TPSA) is 186 Å². The van der Waals surface area contributed by atoms with Crippen molar-refractivity contribution in [3.63, 3.8) is 0 Å². The fourth-order valence-corrected chi connectivity index (χ4v) is 12.9. The molecule has 3 aliphatic rings. The Balaban J connectivity index is 1.02. The number of carbonyl (C=O) groups excluding carboxylic acids is 4. The van der Waals surface area contributed by atoms with Crippen LogP contribution in [0.25, 0.3) is 42.8 Å². The third-order valence-corrected chi connectivity index (χ3v) is 16.3. The number of benzene rings is 2. The van der Waals surface area contributed by atoms with Gasteiger partial charge in [0.1, 0.15) is 30.3 Å². The van der Waals surface area contributed by atoms with Crippen LogP contribution in [0.15, 0.2) is 48.7 Å². The molecule has 1 spiro atoms. The average Bonchev–Trinajstić information content (AvgIpc) is 3.81. The lowest BCUT2D eigenvalue weighted by molar-refractivity contribution is -0.139. The lowest BCUT2D eigenvalue weighted by Crippen LogP contribution is -2.52. The number of hydrogen-bond acceptors (Lipinski definition) is 9. The van der Waals surface area contributed by atoms with E-state index >= 15 is 0 Å². The molecule has 2 saturated heterocycles. The van der Waals surface area contributed by atoms with Crippen molar-refractivity contribution in [2.24, 2.45) is 17.3 Å². The Morgan fingerprint density at radius 2 is 1.64 bits per heavy atom. The van der Waals surface area contributed by atoms with Gasteiger partial charge in [0, 0.05) is 23.0 Å². The molecule has 1 aliphatic carbocycles. The summed E-state index contributed by atoms with van der Waals surface area (Å²) in [6.45, 7) is 12.2. The number of aromatic amines is 2. The minimum atomic E-state index is -1.76. The van der Waals surface area contributed by atoms with Crippen molar-refractivity contribution < 1.29 is 29.0 Å². The van der Waals surface area contributed by atoms with E-state index in [2.05, 4.69) is 70.1 Å². The Morgan fingerprint density at radius 3 is 2.34 bits per heavy atom. The largest absolute Gasteiger partial charge is 0.453 e. The van der Waals surface area contributed by atoms with Gasteiger partial charge >= 0.3 is 6.09 Å². The molecule has 5 aromatic rings. The van der Waals surface area contributed by atoms with Crippen molar-refractivity contribution in [1.82, 2.24) is 40.4 Å². The van der Waals surface area contributed by atoms with E-state index in [1.807, 2.05) is 49.8 Å². The van der Waals surface area contributed by atoms with E-state index in [1.165, 1.54) is 7.11 Å². The van der Waals surface area contributed by atoms with Crippen LogP contribution in [0, 0.1) is 17.3 Å². The maximum absolute atomic E-state index is 14.0. The third kappa shape index (κ3) is 7.89. The molecule has 3 fully saturated rings. The molecule has 2 aromatic carbocycles. The molecule has 5 N–H and O–H groups in total. The molecule has 312 valence electrons. The maximum atomic E-state index is 14.0. The number of ether oxygens (including phenoxy) is 1. The van der Waals surface area contributed by atoms with Crippen LogP contribution >= 0.6 is 11.3 Å². The molecule has 0 radical (unpaired) electrons. The molecule has 3 aromatic heterocycles. The van der Waals surface area contributed by atoms with Crippen molar-refractivity contribution >= 4 is 65.0 Å². The second-order valence-electron chi connectivity index (χ2n) is 18.2. The lowest BCUT2D eigenvalue weighted by Gasteiger charge is -2.30. The fraction of sp³-hybridized carbons (Fsp3) is 0.488. The molecular formula is C43H54N8O6SSi. The van der Waals surface area contributed by atoms with Crippen molar-refractivity contribution in [3.8, 4) is 21.0 Å². The van der Waals surface area contributed by atoms with Gasteiger partial charge in [-0.1, -0.05) is 59.0 Å².